The highest BCUT2D eigenvalue weighted by Crippen LogP contribution is 2.35. The van der Waals surface area contributed by atoms with Gasteiger partial charge in [-0.15, -0.1) is 0 Å². The highest BCUT2D eigenvalue weighted by molar-refractivity contribution is 5.94. The normalized spacial score (nSPS) is 19.0. The van der Waals surface area contributed by atoms with Crippen molar-refractivity contribution >= 4 is 17.6 Å². The van der Waals surface area contributed by atoms with E-state index >= 15 is 0 Å². The van der Waals surface area contributed by atoms with Crippen molar-refractivity contribution in [3.63, 3.8) is 0 Å². The molecule has 1 fully saturated rings. The van der Waals surface area contributed by atoms with Gasteiger partial charge in [0.15, 0.2) is 0 Å². The van der Waals surface area contributed by atoms with Crippen LogP contribution in [0.5, 0.6) is 11.6 Å². The molecule has 7 nitrogen and oxygen atoms in total. The van der Waals surface area contributed by atoms with Gasteiger partial charge in [0.05, 0.1) is 31.1 Å². The number of amides is 1. The maximum Gasteiger partial charge on any atom is 0.308 e. The molecule has 0 saturated heterocycles. The predicted octanol–water partition coefficient (Wildman–Crippen LogP) is 2.41. The molecule has 0 radical (unpaired) electrons. The lowest BCUT2D eigenvalue weighted by atomic mass is 9.74. The molecule has 0 spiro atoms. The van der Waals surface area contributed by atoms with Crippen LogP contribution in [0.1, 0.15) is 12.8 Å². The minimum absolute atomic E-state index is 0.113. The zero-order chi connectivity index (χ0) is 16.9. The number of rotatable bonds is 5. The van der Waals surface area contributed by atoms with Gasteiger partial charge in [0.25, 0.3) is 0 Å². The van der Waals surface area contributed by atoms with Crippen LogP contribution in [-0.2, 0) is 14.3 Å². The maximum atomic E-state index is 12.1. The summed E-state index contributed by atoms with van der Waals surface area (Å²) in [6.07, 6.45) is 5.82. The Labute approximate surface area is 139 Å². The van der Waals surface area contributed by atoms with Crippen molar-refractivity contribution in [3.8, 4) is 11.6 Å². The van der Waals surface area contributed by atoms with Gasteiger partial charge >= 0.3 is 5.97 Å². The Balaban J connectivity index is 1.51. The molecule has 1 aliphatic rings. The van der Waals surface area contributed by atoms with Gasteiger partial charge in [-0.05, 0) is 31.0 Å². The Kier molecular flexibility index (Phi) is 4.69. The number of ether oxygens (including phenoxy) is 2. The van der Waals surface area contributed by atoms with Crippen LogP contribution in [0.4, 0.5) is 5.69 Å². The Morgan fingerprint density at radius 2 is 2.00 bits per heavy atom. The largest absolute Gasteiger partial charge is 0.469 e. The molecule has 1 amide bonds. The number of hydrogen-bond acceptors (Lipinski definition) is 6. The summed E-state index contributed by atoms with van der Waals surface area (Å²) in [5, 5.41) is 2.79. The van der Waals surface area contributed by atoms with E-state index in [4.69, 9.17) is 4.74 Å². The van der Waals surface area contributed by atoms with Crippen LogP contribution in [0.25, 0.3) is 0 Å². The van der Waals surface area contributed by atoms with Crippen LogP contribution < -0.4 is 10.1 Å². The van der Waals surface area contributed by atoms with Crippen molar-refractivity contribution in [1.82, 2.24) is 9.97 Å². The molecule has 7 heteroatoms. The third kappa shape index (κ3) is 3.68. The molecule has 0 aromatic carbocycles. The second kappa shape index (κ2) is 7.08. The van der Waals surface area contributed by atoms with Crippen LogP contribution >= 0.6 is 0 Å². The van der Waals surface area contributed by atoms with Gasteiger partial charge < -0.3 is 14.8 Å². The highest BCUT2D eigenvalue weighted by atomic mass is 16.5. The number of aromatic nitrogens is 2. The van der Waals surface area contributed by atoms with Crippen molar-refractivity contribution in [3.05, 3.63) is 42.9 Å². The molecular weight excluding hydrogens is 310 g/mol. The van der Waals surface area contributed by atoms with E-state index in [1.165, 1.54) is 13.3 Å². The Morgan fingerprint density at radius 1 is 1.17 bits per heavy atom. The first-order valence-electron chi connectivity index (χ1n) is 7.58. The summed E-state index contributed by atoms with van der Waals surface area (Å²) >= 11 is 0. The first-order chi connectivity index (χ1) is 11.7. The van der Waals surface area contributed by atoms with Gasteiger partial charge in [-0.3, -0.25) is 14.6 Å². The Bertz CT molecular complexity index is 712. The summed E-state index contributed by atoms with van der Waals surface area (Å²) in [6, 6.07) is 6.93. The van der Waals surface area contributed by atoms with E-state index in [-0.39, 0.29) is 23.7 Å². The fraction of sp³-hybridized carbons (Fsp3) is 0.294. The summed E-state index contributed by atoms with van der Waals surface area (Å²) in [6.45, 7) is 0. The van der Waals surface area contributed by atoms with Crippen LogP contribution in [0.3, 0.4) is 0 Å². The standard InChI is InChI=1S/C17H17N3O4/c1-23-17(22)12-7-11(8-12)16(21)20-13-4-5-15(19-9-13)24-14-3-2-6-18-10-14/h2-6,9-12H,7-8H2,1H3,(H,20,21). The average Bonchev–Trinajstić information content (AvgIpc) is 2.56. The van der Waals surface area contributed by atoms with E-state index in [9.17, 15) is 9.59 Å². The van der Waals surface area contributed by atoms with E-state index in [0.29, 0.717) is 30.2 Å². The zero-order valence-corrected chi connectivity index (χ0v) is 13.1. The number of carbonyl (C=O) groups excluding carboxylic acids is 2. The quantitative estimate of drug-likeness (QED) is 0.848. The summed E-state index contributed by atoms with van der Waals surface area (Å²) in [5.74, 6) is 0.301. The molecule has 1 aliphatic carbocycles. The maximum absolute atomic E-state index is 12.1. The summed E-state index contributed by atoms with van der Waals surface area (Å²) in [7, 11) is 1.36. The van der Waals surface area contributed by atoms with Gasteiger partial charge in [-0.25, -0.2) is 4.98 Å². The summed E-state index contributed by atoms with van der Waals surface area (Å²) in [5.41, 5.74) is 0.583. The van der Waals surface area contributed by atoms with Gasteiger partial charge in [0, 0.05) is 18.2 Å². The predicted molar refractivity (Wildman–Crippen MR) is 85.4 cm³/mol. The minimum Gasteiger partial charge on any atom is -0.469 e. The Morgan fingerprint density at radius 3 is 2.62 bits per heavy atom. The number of methoxy groups -OCH3 is 1. The van der Waals surface area contributed by atoms with Gasteiger partial charge in [-0.2, -0.15) is 0 Å². The number of esters is 1. The van der Waals surface area contributed by atoms with Crippen molar-refractivity contribution in [1.29, 1.82) is 0 Å². The number of carbonyl (C=O) groups is 2. The summed E-state index contributed by atoms with van der Waals surface area (Å²) < 4.78 is 10.2. The molecule has 2 aromatic rings. The topological polar surface area (TPSA) is 90.4 Å². The van der Waals surface area contributed by atoms with Crippen LogP contribution in [-0.4, -0.2) is 29.0 Å². The van der Waals surface area contributed by atoms with Gasteiger partial charge in [0.1, 0.15) is 5.75 Å². The van der Waals surface area contributed by atoms with Crippen molar-refractivity contribution in [2.75, 3.05) is 12.4 Å². The number of nitrogens with zero attached hydrogens (tertiary/aromatic N) is 2. The molecular formula is C17H17N3O4. The van der Waals surface area contributed by atoms with E-state index in [2.05, 4.69) is 20.0 Å². The SMILES string of the molecule is COC(=O)C1CC(C(=O)Nc2ccc(Oc3cccnc3)nc2)C1. The number of pyridine rings is 2. The van der Waals surface area contributed by atoms with E-state index in [1.54, 1.807) is 36.7 Å². The lowest BCUT2D eigenvalue weighted by Crippen LogP contribution is -2.38. The molecule has 3 rings (SSSR count). The van der Waals surface area contributed by atoms with Crippen LogP contribution in [0.15, 0.2) is 42.9 Å². The van der Waals surface area contributed by atoms with E-state index < -0.39 is 0 Å². The minimum atomic E-state index is -0.252. The second-order valence-electron chi connectivity index (χ2n) is 5.55. The molecule has 0 atom stereocenters. The number of anilines is 1. The van der Waals surface area contributed by atoms with Crippen molar-refractivity contribution < 1.29 is 19.1 Å². The first-order valence-corrected chi connectivity index (χ1v) is 7.58. The highest BCUT2D eigenvalue weighted by Gasteiger charge is 2.39. The van der Waals surface area contributed by atoms with Crippen molar-refractivity contribution in [2.45, 2.75) is 12.8 Å². The van der Waals surface area contributed by atoms with Gasteiger partial charge in [0.2, 0.25) is 11.8 Å². The molecule has 0 bridgehead atoms. The molecule has 0 aliphatic heterocycles. The second-order valence-corrected chi connectivity index (χ2v) is 5.55. The molecule has 2 heterocycles. The molecule has 1 N–H and O–H groups in total. The first kappa shape index (κ1) is 15.9. The molecule has 124 valence electrons. The Hall–Kier alpha value is -2.96. The lowest BCUT2D eigenvalue weighted by molar-refractivity contribution is -0.151. The summed E-state index contributed by atoms with van der Waals surface area (Å²) in [4.78, 5) is 31.5. The molecule has 1 saturated carbocycles. The van der Waals surface area contributed by atoms with E-state index in [1.807, 2.05) is 0 Å². The number of hydrogen-bond donors (Lipinski definition) is 1. The van der Waals surface area contributed by atoms with Crippen LogP contribution in [0.2, 0.25) is 0 Å². The fourth-order valence-electron chi connectivity index (χ4n) is 2.48. The van der Waals surface area contributed by atoms with E-state index in [0.717, 1.165) is 0 Å². The monoisotopic (exact) mass is 327 g/mol. The molecule has 2 aromatic heterocycles. The average molecular weight is 327 g/mol. The molecule has 0 unspecified atom stereocenters. The smallest absolute Gasteiger partial charge is 0.308 e. The van der Waals surface area contributed by atoms with Gasteiger partial charge in [-0.1, -0.05) is 0 Å². The lowest BCUT2D eigenvalue weighted by Gasteiger charge is -2.31. The fourth-order valence-corrected chi connectivity index (χ4v) is 2.48. The van der Waals surface area contributed by atoms with Crippen molar-refractivity contribution in [2.24, 2.45) is 11.8 Å². The molecule has 24 heavy (non-hydrogen) atoms. The van der Waals surface area contributed by atoms with Crippen LogP contribution in [0, 0.1) is 11.8 Å². The number of nitrogens with one attached hydrogen (secondary N) is 1. The third-order valence-corrected chi connectivity index (χ3v) is 3.90. The third-order valence-electron chi connectivity index (χ3n) is 3.90. The zero-order valence-electron chi connectivity index (χ0n) is 13.1.